The average molecular weight is 659 g/mol. The molecule has 2 heterocycles. The zero-order chi connectivity index (χ0) is 34.5. The van der Waals surface area contributed by atoms with Crippen molar-refractivity contribution in [3.63, 3.8) is 0 Å². The van der Waals surface area contributed by atoms with Gasteiger partial charge < -0.3 is 4.42 Å². The lowest BCUT2D eigenvalue weighted by atomic mass is 9.80. The lowest BCUT2D eigenvalue weighted by molar-refractivity contribution is 0.657. The van der Waals surface area contributed by atoms with Gasteiger partial charge in [-0.2, -0.15) is 0 Å². The van der Waals surface area contributed by atoms with Gasteiger partial charge in [-0.1, -0.05) is 143 Å². The number of fused-ring (bicyclic) bond motifs is 10. The number of allylic oxidation sites excluding steroid dienone is 1. The fourth-order valence-corrected chi connectivity index (χ4v) is 9.08. The molecule has 10 rings (SSSR count). The summed E-state index contributed by atoms with van der Waals surface area (Å²) >= 11 is 0. The quantitative estimate of drug-likeness (QED) is 0.186. The highest BCUT2D eigenvalue weighted by Gasteiger charge is 2.40. The summed E-state index contributed by atoms with van der Waals surface area (Å²) in [7, 11) is 0. The first kappa shape index (κ1) is 30.1. The zero-order valence-electron chi connectivity index (χ0n) is 29.4. The van der Waals surface area contributed by atoms with Crippen molar-refractivity contribution in [1.82, 2.24) is 0 Å². The van der Waals surface area contributed by atoms with Crippen LogP contribution >= 0.6 is 0 Å². The maximum atomic E-state index is 6.39. The molecule has 0 fully saturated rings. The molecule has 6 aromatic carbocycles. The molecule has 0 saturated heterocycles. The number of hydrogen-bond acceptors (Lipinski definition) is 3. The Morgan fingerprint density at radius 3 is 2.16 bits per heavy atom. The third-order valence-corrected chi connectivity index (χ3v) is 11.6. The van der Waals surface area contributed by atoms with E-state index in [0.29, 0.717) is 0 Å². The van der Waals surface area contributed by atoms with Crippen LogP contribution in [0.25, 0.3) is 49.9 Å². The molecule has 0 amide bonds. The van der Waals surface area contributed by atoms with Gasteiger partial charge in [-0.05, 0) is 81.1 Å². The van der Waals surface area contributed by atoms with Gasteiger partial charge in [-0.3, -0.25) is 0 Å². The van der Waals surface area contributed by atoms with Crippen molar-refractivity contribution in [2.24, 2.45) is 9.98 Å². The standard InChI is InChI=1S/C48H38N2O/c1-47(2)36-19-10-8-16-31(36)32-25-24-30(28-38(32)47)40-22-13-21-39(29-14-6-5-7-15-29)49-46(50-40)35-18-12-20-37-43(35)34-26-27-42-44(45(34)48(37,3)4)33-17-9-11-23-41(33)51-42/h5-12,14-20,22-28H,13,21H2,1-4H3/b40-22-,49-39-,50-46-. The van der Waals surface area contributed by atoms with Crippen LogP contribution in [0.1, 0.15) is 79.5 Å². The lowest BCUT2D eigenvalue weighted by Gasteiger charge is -2.23. The molecule has 246 valence electrons. The van der Waals surface area contributed by atoms with Crippen molar-refractivity contribution in [2.45, 2.75) is 51.4 Å². The van der Waals surface area contributed by atoms with E-state index in [1.54, 1.807) is 0 Å². The van der Waals surface area contributed by atoms with Gasteiger partial charge >= 0.3 is 0 Å². The van der Waals surface area contributed by atoms with Gasteiger partial charge in [-0.25, -0.2) is 9.98 Å². The van der Waals surface area contributed by atoms with E-state index in [9.17, 15) is 0 Å². The van der Waals surface area contributed by atoms with Crippen LogP contribution in [0.2, 0.25) is 0 Å². The monoisotopic (exact) mass is 658 g/mol. The van der Waals surface area contributed by atoms with E-state index in [1.807, 2.05) is 6.07 Å². The van der Waals surface area contributed by atoms with Crippen LogP contribution in [0.15, 0.2) is 148 Å². The zero-order valence-corrected chi connectivity index (χ0v) is 29.4. The fourth-order valence-electron chi connectivity index (χ4n) is 9.08. The van der Waals surface area contributed by atoms with Crippen LogP contribution in [0.5, 0.6) is 0 Å². The van der Waals surface area contributed by atoms with E-state index in [2.05, 4.69) is 155 Å². The predicted molar refractivity (Wildman–Crippen MR) is 212 cm³/mol. The molecule has 7 aromatic rings. The predicted octanol–water partition coefficient (Wildman–Crippen LogP) is 12.3. The van der Waals surface area contributed by atoms with Crippen molar-refractivity contribution in [2.75, 3.05) is 0 Å². The number of furan rings is 1. The number of para-hydroxylation sites is 1. The summed E-state index contributed by atoms with van der Waals surface area (Å²) < 4.78 is 6.39. The fraction of sp³-hybridized carbons (Fsp3) is 0.167. The molecule has 1 aromatic heterocycles. The number of aliphatic imine (C=N–C) groups is 2. The molecule has 2 aliphatic carbocycles. The Kier molecular flexibility index (Phi) is 6.39. The van der Waals surface area contributed by atoms with Crippen LogP contribution in [-0.2, 0) is 10.8 Å². The van der Waals surface area contributed by atoms with Crippen LogP contribution in [0.4, 0.5) is 0 Å². The van der Waals surface area contributed by atoms with Gasteiger partial charge in [0.1, 0.15) is 11.2 Å². The summed E-state index contributed by atoms with van der Waals surface area (Å²) in [5, 5.41) is 2.36. The molecule has 0 radical (unpaired) electrons. The van der Waals surface area contributed by atoms with Crippen molar-refractivity contribution in [3.8, 4) is 22.3 Å². The highest BCUT2D eigenvalue weighted by Crippen LogP contribution is 2.54. The average Bonchev–Trinajstić information content (AvgIpc) is 3.71. The molecule has 1 aliphatic heterocycles. The Bertz CT molecular complexity index is 2680. The van der Waals surface area contributed by atoms with Gasteiger partial charge in [-0.15, -0.1) is 0 Å². The van der Waals surface area contributed by atoms with E-state index >= 15 is 0 Å². The number of nitrogens with zero attached hydrogens (tertiary/aromatic N) is 2. The Balaban J connectivity index is 1.19. The van der Waals surface area contributed by atoms with Crippen molar-refractivity contribution in [1.29, 1.82) is 0 Å². The summed E-state index contributed by atoms with van der Waals surface area (Å²) in [5.41, 5.74) is 17.3. The molecule has 51 heavy (non-hydrogen) atoms. The summed E-state index contributed by atoms with van der Waals surface area (Å²) in [6.45, 7) is 9.37. The second kappa shape index (κ2) is 10.8. The third kappa shape index (κ3) is 4.37. The van der Waals surface area contributed by atoms with Gasteiger partial charge in [0.05, 0.1) is 11.4 Å². The van der Waals surface area contributed by atoms with Crippen LogP contribution in [0.3, 0.4) is 0 Å². The van der Waals surface area contributed by atoms with Crippen molar-refractivity contribution < 1.29 is 4.42 Å². The molecule has 3 heteroatoms. The summed E-state index contributed by atoms with van der Waals surface area (Å²) in [6.07, 6.45) is 4.00. The molecule has 0 N–H and O–H groups in total. The minimum atomic E-state index is -0.250. The molecule has 0 saturated carbocycles. The highest BCUT2D eigenvalue weighted by molar-refractivity contribution is 6.18. The Hall–Kier alpha value is -5.80. The van der Waals surface area contributed by atoms with Crippen LogP contribution in [-0.4, -0.2) is 11.5 Å². The van der Waals surface area contributed by atoms with Gasteiger partial charge in [0.15, 0.2) is 5.84 Å². The Morgan fingerprint density at radius 2 is 1.27 bits per heavy atom. The minimum absolute atomic E-state index is 0.0899. The highest BCUT2D eigenvalue weighted by atomic mass is 16.3. The molecule has 3 nitrogen and oxygen atoms in total. The number of benzene rings is 6. The van der Waals surface area contributed by atoms with Gasteiger partial charge in [0.25, 0.3) is 0 Å². The van der Waals surface area contributed by atoms with Crippen LogP contribution < -0.4 is 0 Å². The third-order valence-electron chi connectivity index (χ3n) is 11.6. The van der Waals surface area contributed by atoms with E-state index in [0.717, 1.165) is 63.3 Å². The normalized spacial score (nSPS) is 19.8. The van der Waals surface area contributed by atoms with E-state index in [4.69, 9.17) is 14.4 Å². The number of amidine groups is 1. The molecule has 0 atom stereocenters. The first-order valence-corrected chi connectivity index (χ1v) is 18.1. The van der Waals surface area contributed by atoms with E-state index in [-0.39, 0.29) is 10.8 Å². The van der Waals surface area contributed by atoms with Crippen molar-refractivity contribution >= 4 is 39.2 Å². The molecule has 0 bridgehead atoms. The Labute approximate surface area is 298 Å². The van der Waals surface area contributed by atoms with Crippen molar-refractivity contribution in [3.05, 3.63) is 172 Å². The summed E-state index contributed by atoms with van der Waals surface area (Å²) in [5.74, 6) is 0.750. The minimum Gasteiger partial charge on any atom is -0.456 e. The van der Waals surface area contributed by atoms with Crippen LogP contribution in [0, 0.1) is 0 Å². The first-order chi connectivity index (χ1) is 24.8. The Morgan fingerprint density at radius 1 is 0.549 bits per heavy atom. The SMILES string of the molecule is CC1(C)c2ccccc2-c2ccc(C3=C/CC/C(c4ccccc4)=N/C(c4cccc5c4-c4ccc6oc7ccccc7c6c4C5(C)C)=N\3)cc21. The molecule has 0 unspecified atom stereocenters. The summed E-state index contributed by atoms with van der Waals surface area (Å²) in [4.78, 5) is 11.0. The van der Waals surface area contributed by atoms with Gasteiger partial charge in [0.2, 0.25) is 0 Å². The molecular formula is C48H38N2O. The second-order valence-electron chi connectivity index (χ2n) is 15.2. The largest absolute Gasteiger partial charge is 0.456 e. The molecular weight excluding hydrogens is 621 g/mol. The topological polar surface area (TPSA) is 37.9 Å². The number of hydrogen-bond donors (Lipinski definition) is 0. The number of rotatable bonds is 3. The molecule has 3 aliphatic rings. The van der Waals surface area contributed by atoms with E-state index in [1.165, 1.54) is 49.9 Å². The molecule has 0 spiro atoms. The second-order valence-corrected chi connectivity index (χ2v) is 15.2. The maximum absolute atomic E-state index is 6.39. The first-order valence-electron chi connectivity index (χ1n) is 18.1. The summed E-state index contributed by atoms with van der Waals surface area (Å²) in [6, 6.07) is 45.8. The smallest absolute Gasteiger partial charge is 0.160 e. The van der Waals surface area contributed by atoms with Gasteiger partial charge in [0, 0.05) is 32.7 Å². The lowest BCUT2D eigenvalue weighted by Crippen LogP contribution is -2.16. The van der Waals surface area contributed by atoms with E-state index < -0.39 is 0 Å². The maximum Gasteiger partial charge on any atom is 0.160 e.